The molecule has 0 fully saturated rings. The summed E-state index contributed by atoms with van der Waals surface area (Å²) < 4.78 is 6.27. The molecule has 2 aromatic rings. The van der Waals surface area contributed by atoms with Crippen molar-refractivity contribution >= 4 is 55.1 Å². The quantitative estimate of drug-likeness (QED) is 0.529. The number of rotatable bonds is 3. The van der Waals surface area contributed by atoms with Gasteiger partial charge in [0.15, 0.2) is 0 Å². The van der Waals surface area contributed by atoms with Crippen LogP contribution in [0.5, 0.6) is 5.75 Å². The van der Waals surface area contributed by atoms with Gasteiger partial charge in [0.05, 0.1) is 16.4 Å². The van der Waals surface area contributed by atoms with Crippen molar-refractivity contribution in [3.63, 3.8) is 0 Å². The normalized spacial score (nSPS) is 12.3. The van der Waals surface area contributed by atoms with Gasteiger partial charge in [0.2, 0.25) is 0 Å². The van der Waals surface area contributed by atoms with Crippen LogP contribution in [0, 0.1) is 0 Å². The minimum atomic E-state index is -0.0188. The zero-order valence-electron chi connectivity index (χ0n) is 9.96. The molecule has 0 aliphatic rings. The number of alkyl halides is 1. The van der Waals surface area contributed by atoms with Crippen LogP contribution in [0.1, 0.15) is 16.0 Å². The first-order valence-electron chi connectivity index (χ1n) is 5.45. The Morgan fingerprint density at radius 1 is 1.05 bits per heavy atom. The second-order valence-electron chi connectivity index (χ2n) is 3.92. The molecule has 0 heterocycles. The molecule has 0 saturated carbocycles. The third-order valence-electron chi connectivity index (χ3n) is 2.68. The fourth-order valence-electron chi connectivity index (χ4n) is 1.80. The molecule has 1 atom stereocenters. The van der Waals surface area contributed by atoms with Crippen LogP contribution in [-0.4, -0.2) is 7.11 Å². The molecule has 0 N–H and O–H groups in total. The number of ether oxygens (including phenoxy) is 1. The Labute approximate surface area is 139 Å². The van der Waals surface area contributed by atoms with Crippen LogP contribution in [0.4, 0.5) is 0 Å². The number of hydrogen-bond acceptors (Lipinski definition) is 1. The molecule has 2 rings (SSSR count). The number of methoxy groups -OCH3 is 1. The predicted molar refractivity (Wildman–Crippen MR) is 87.9 cm³/mol. The molecule has 1 unspecified atom stereocenters. The van der Waals surface area contributed by atoms with Gasteiger partial charge >= 0.3 is 0 Å². The summed E-state index contributed by atoms with van der Waals surface area (Å²) in [4.78, 5) is -0.0188. The van der Waals surface area contributed by atoms with Gasteiger partial charge in [-0.25, -0.2) is 0 Å². The Hall–Kier alpha value is -0.220. The molecule has 0 radical (unpaired) electrons. The van der Waals surface area contributed by atoms with Gasteiger partial charge in [-0.3, -0.25) is 0 Å². The maximum absolute atomic E-state index is 6.11. The second kappa shape index (κ2) is 6.49. The average molecular weight is 425 g/mol. The van der Waals surface area contributed by atoms with E-state index in [2.05, 4.69) is 31.9 Å². The predicted octanol–water partition coefficient (Wildman–Crippen LogP) is 6.25. The third-order valence-corrected chi connectivity index (χ3v) is 4.76. The lowest BCUT2D eigenvalue weighted by Crippen LogP contribution is -1.98. The van der Waals surface area contributed by atoms with Crippen LogP contribution >= 0.6 is 55.1 Å². The van der Waals surface area contributed by atoms with E-state index in [4.69, 9.17) is 27.9 Å². The molecule has 1 nitrogen and oxygen atoms in total. The Morgan fingerprint density at radius 2 is 1.68 bits per heavy atom. The molecule has 0 bridgehead atoms. The Kier molecular flexibility index (Phi) is 5.18. The largest absolute Gasteiger partial charge is 0.495 e. The maximum atomic E-state index is 6.11. The minimum absolute atomic E-state index is 0.0188. The van der Waals surface area contributed by atoms with Crippen molar-refractivity contribution in [2.75, 3.05) is 7.11 Å². The van der Waals surface area contributed by atoms with Crippen LogP contribution in [0.3, 0.4) is 0 Å². The lowest BCUT2D eigenvalue weighted by Gasteiger charge is -2.16. The summed E-state index contributed by atoms with van der Waals surface area (Å²) in [6.07, 6.45) is 0. The molecule has 0 saturated heterocycles. The first-order chi connectivity index (χ1) is 9.02. The molecule has 0 aliphatic heterocycles. The fourth-order valence-corrected chi connectivity index (χ4v) is 3.56. The van der Waals surface area contributed by atoms with Crippen LogP contribution in [0.2, 0.25) is 10.0 Å². The van der Waals surface area contributed by atoms with Gasteiger partial charge in [-0.05, 0) is 45.8 Å². The summed E-state index contributed by atoms with van der Waals surface area (Å²) in [5, 5.41) is 1.36. The molecule has 100 valence electrons. The molecule has 0 aromatic heterocycles. The Bertz CT molecular complexity index is 585. The van der Waals surface area contributed by atoms with E-state index < -0.39 is 0 Å². The lowest BCUT2D eigenvalue weighted by molar-refractivity contribution is 0.408. The summed E-state index contributed by atoms with van der Waals surface area (Å²) in [6.45, 7) is 0. The molecule has 5 heteroatoms. The Morgan fingerprint density at radius 3 is 2.26 bits per heavy atom. The van der Waals surface area contributed by atoms with Gasteiger partial charge < -0.3 is 4.74 Å². The summed E-state index contributed by atoms with van der Waals surface area (Å²) >= 11 is 19.1. The van der Waals surface area contributed by atoms with Crippen molar-refractivity contribution in [2.24, 2.45) is 0 Å². The number of hydrogen-bond donors (Lipinski definition) is 0. The summed E-state index contributed by atoms with van der Waals surface area (Å²) in [5.41, 5.74) is 2.04. The summed E-state index contributed by atoms with van der Waals surface area (Å²) in [5.74, 6) is 0.765. The molecular formula is C14H10Br2Cl2O. The molecular weight excluding hydrogens is 415 g/mol. The van der Waals surface area contributed by atoms with Crippen molar-refractivity contribution in [1.82, 2.24) is 0 Å². The Balaban J connectivity index is 2.48. The highest BCUT2D eigenvalue weighted by molar-refractivity contribution is 9.10. The highest BCUT2D eigenvalue weighted by Gasteiger charge is 2.18. The minimum Gasteiger partial charge on any atom is -0.495 e. The second-order valence-corrected chi connectivity index (χ2v) is 6.57. The number of halogens is 4. The van der Waals surface area contributed by atoms with E-state index in [-0.39, 0.29) is 4.83 Å². The third kappa shape index (κ3) is 3.46. The molecule has 0 amide bonds. The summed E-state index contributed by atoms with van der Waals surface area (Å²) in [6, 6.07) is 11.4. The summed E-state index contributed by atoms with van der Waals surface area (Å²) in [7, 11) is 1.64. The van der Waals surface area contributed by atoms with E-state index in [0.29, 0.717) is 10.0 Å². The van der Waals surface area contributed by atoms with Crippen LogP contribution in [-0.2, 0) is 0 Å². The van der Waals surface area contributed by atoms with Gasteiger partial charge in [0.1, 0.15) is 5.75 Å². The van der Waals surface area contributed by atoms with Gasteiger partial charge in [0.25, 0.3) is 0 Å². The van der Waals surface area contributed by atoms with Crippen molar-refractivity contribution in [2.45, 2.75) is 4.83 Å². The smallest absolute Gasteiger partial charge is 0.137 e. The zero-order valence-corrected chi connectivity index (χ0v) is 14.6. The van der Waals surface area contributed by atoms with E-state index in [1.165, 1.54) is 0 Å². The van der Waals surface area contributed by atoms with E-state index >= 15 is 0 Å². The van der Waals surface area contributed by atoms with Crippen molar-refractivity contribution in [3.05, 3.63) is 62.0 Å². The standard InChI is InChI=1S/C14H10Br2Cl2O/c1-19-14-11(6-10(18)7-12(14)15)13(16)8-2-4-9(17)5-3-8/h2-7,13H,1H3. The first kappa shape index (κ1) is 15.2. The lowest BCUT2D eigenvalue weighted by atomic mass is 10.0. The zero-order chi connectivity index (χ0) is 14.0. The van der Waals surface area contributed by atoms with Gasteiger partial charge in [-0.15, -0.1) is 0 Å². The molecule has 0 spiro atoms. The van der Waals surface area contributed by atoms with E-state index in [1.54, 1.807) is 7.11 Å². The molecule has 19 heavy (non-hydrogen) atoms. The average Bonchev–Trinajstić information content (AvgIpc) is 2.38. The van der Waals surface area contributed by atoms with E-state index in [0.717, 1.165) is 21.3 Å². The van der Waals surface area contributed by atoms with E-state index in [9.17, 15) is 0 Å². The highest BCUT2D eigenvalue weighted by Crippen LogP contribution is 2.42. The fraction of sp³-hybridized carbons (Fsp3) is 0.143. The van der Waals surface area contributed by atoms with Gasteiger partial charge in [0, 0.05) is 15.6 Å². The monoisotopic (exact) mass is 422 g/mol. The maximum Gasteiger partial charge on any atom is 0.137 e. The van der Waals surface area contributed by atoms with E-state index in [1.807, 2.05) is 36.4 Å². The van der Waals surface area contributed by atoms with Gasteiger partial charge in [-0.2, -0.15) is 0 Å². The highest BCUT2D eigenvalue weighted by atomic mass is 79.9. The van der Waals surface area contributed by atoms with Crippen LogP contribution in [0.15, 0.2) is 40.9 Å². The SMILES string of the molecule is COc1c(Br)cc(Cl)cc1C(Br)c1ccc(Cl)cc1. The van der Waals surface area contributed by atoms with Crippen molar-refractivity contribution < 1.29 is 4.74 Å². The van der Waals surface area contributed by atoms with Crippen LogP contribution in [0.25, 0.3) is 0 Å². The van der Waals surface area contributed by atoms with Crippen molar-refractivity contribution in [3.8, 4) is 5.75 Å². The topological polar surface area (TPSA) is 9.23 Å². The number of benzene rings is 2. The first-order valence-corrected chi connectivity index (χ1v) is 7.92. The van der Waals surface area contributed by atoms with Crippen molar-refractivity contribution in [1.29, 1.82) is 0 Å². The van der Waals surface area contributed by atoms with Gasteiger partial charge in [-0.1, -0.05) is 51.3 Å². The molecule has 0 aliphatic carbocycles. The molecule has 2 aromatic carbocycles. The van der Waals surface area contributed by atoms with Crippen LogP contribution < -0.4 is 4.74 Å².